The monoisotopic (exact) mass is 385 g/mol. The minimum absolute atomic E-state index is 0.466. The van der Waals surface area contributed by atoms with Crippen molar-refractivity contribution in [1.29, 1.82) is 0 Å². The van der Waals surface area contributed by atoms with E-state index in [0.717, 1.165) is 21.4 Å². The highest BCUT2D eigenvalue weighted by Gasteiger charge is 2.07. The molecule has 0 aliphatic heterocycles. The number of fused-ring (bicyclic) bond motifs is 1. The molecule has 0 aliphatic rings. The van der Waals surface area contributed by atoms with Crippen LogP contribution in [0.25, 0.3) is 11.7 Å². The smallest absolute Gasteiger partial charge is 0.310 e. The molecule has 0 saturated carbocycles. The Morgan fingerprint density at radius 1 is 1.25 bits per heavy atom. The molecule has 2 heterocycles. The van der Waals surface area contributed by atoms with Gasteiger partial charge in [0.05, 0.1) is 11.9 Å². The Balaban J connectivity index is 1.97. The summed E-state index contributed by atoms with van der Waals surface area (Å²) >= 11 is 3.46. The van der Waals surface area contributed by atoms with Gasteiger partial charge in [-0.05, 0) is 39.7 Å². The number of hydrazine groups is 1. The van der Waals surface area contributed by atoms with Gasteiger partial charge in [-0.25, -0.2) is 15.6 Å². The second-order valence-corrected chi connectivity index (χ2v) is 6.10. The number of carbonyl (C=O) groups is 1. The van der Waals surface area contributed by atoms with E-state index in [0.29, 0.717) is 12.1 Å². The lowest BCUT2D eigenvalue weighted by atomic mass is 10.1. The number of rotatable bonds is 4. The summed E-state index contributed by atoms with van der Waals surface area (Å²) in [6.07, 6.45) is 6.14. The van der Waals surface area contributed by atoms with Gasteiger partial charge < -0.3 is 5.32 Å². The molecule has 0 unspecified atom stereocenters. The van der Waals surface area contributed by atoms with Crippen LogP contribution in [0.3, 0.4) is 0 Å². The summed E-state index contributed by atoms with van der Waals surface area (Å²) in [6, 6.07) is 13.3. The maximum absolute atomic E-state index is 11.6. The first-order valence-electron chi connectivity index (χ1n) is 7.30. The number of nitrogens with one attached hydrogen (secondary N) is 2. The molecule has 6 nitrogen and oxygen atoms in total. The summed E-state index contributed by atoms with van der Waals surface area (Å²) < 4.78 is 2.89. The fourth-order valence-corrected chi connectivity index (χ4v) is 2.72. The Morgan fingerprint density at radius 3 is 2.79 bits per heavy atom. The van der Waals surface area contributed by atoms with E-state index in [-0.39, 0.29) is 0 Å². The summed E-state index contributed by atoms with van der Waals surface area (Å²) in [7, 11) is 0. The van der Waals surface area contributed by atoms with Gasteiger partial charge in [0.15, 0.2) is 0 Å². The van der Waals surface area contributed by atoms with Crippen molar-refractivity contribution in [3.05, 3.63) is 76.3 Å². The number of benzene rings is 1. The third-order valence-corrected chi connectivity index (χ3v) is 3.93. The molecule has 3 rings (SSSR count). The number of pyridine rings is 1. The van der Waals surface area contributed by atoms with Crippen LogP contribution in [0.4, 0.5) is 4.79 Å². The molecule has 0 aliphatic carbocycles. The summed E-state index contributed by atoms with van der Waals surface area (Å²) in [5.41, 5.74) is 5.56. The molecule has 2 amide bonds. The average Bonchev–Trinajstić information content (AvgIpc) is 2.97. The first-order valence-corrected chi connectivity index (χ1v) is 8.10. The Hall–Kier alpha value is -2.64. The van der Waals surface area contributed by atoms with Crippen LogP contribution in [0.1, 0.15) is 11.3 Å². The lowest BCUT2D eigenvalue weighted by Crippen LogP contribution is -2.39. The zero-order chi connectivity index (χ0) is 16.9. The molecule has 0 radical (unpaired) electrons. The Labute approximate surface area is 147 Å². The number of nitrogens with zero attached hydrogens (tertiary/aromatic N) is 2. The molecular weight excluding hydrogens is 370 g/mol. The molecule has 0 fully saturated rings. The molecule has 7 heteroatoms. The predicted octanol–water partition coefficient (Wildman–Crippen LogP) is 2.85. The molecule has 0 atom stereocenters. The molecule has 122 valence electrons. The average molecular weight is 386 g/mol. The number of allylic oxidation sites excluding steroid dienone is 1. The first kappa shape index (κ1) is 16.2. The first-order chi connectivity index (χ1) is 11.7. The largest absolute Gasteiger partial charge is 0.333 e. The van der Waals surface area contributed by atoms with Gasteiger partial charge in [0, 0.05) is 22.8 Å². The van der Waals surface area contributed by atoms with Crippen LogP contribution >= 0.6 is 15.9 Å². The van der Waals surface area contributed by atoms with E-state index >= 15 is 0 Å². The number of carbonyl (C=O) groups excluding carboxylic acids is 1. The predicted molar refractivity (Wildman–Crippen MR) is 96.9 cm³/mol. The van der Waals surface area contributed by atoms with Crippen LogP contribution in [-0.2, 0) is 6.42 Å². The van der Waals surface area contributed by atoms with E-state index in [2.05, 4.69) is 31.7 Å². The molecule has 2 aromatic heterocycles. The van der Waals surface area contributed by atoms with Crippen LogP contribution in [0.15, 0.2) is 65.0 Å². The highest BCUT2D eigenvalue weighted by Crippen LogP contribution is 2.16. The fourth-order valence-electron chi connectivity index (χ4n) is 2.39. The maximum atomic E-state index is 11.6. The molecule has 0 spiro atoms. The Morgan fingerprint density at radius 2 is 2.04 bits per heavy atom. The number of hydrogen-bond acceptors (Lipinski definition) is 3. The molecule has 0 saturated heterocycles. The molecule has 3 aromatic rings. The van der Waals surface area contributed by atoms with Gasteiger partial charge in [0.1, 0.15) is 5.65 Å². The van der Waals surface area contributed by atoms with Crippen LogP contribution in [-0.4, -0.2) is 15.4 Å². The molecular formula is C17H16BrN5O. The van der Waals surface area contributed by atoms with Gasteiger partial charge in [-0.3, -0.25) is 9.83 Å². The number of halogens is 1. The van der Waals surface area contributed by atoms with E-state index in [4.69, 9.17) is 5.84 Å². The van der Waals surface area contributed by atoms with Crippen molar-refractivity contribution in [2.75, 3.05) is 0 Å². The normalized spacial score (nSPS) is 11.5. The van der Waals surface area contributed by atoms with Crippen molar-refractivity contribution in [2.24, 2.45) is 5.84 Å². The number of nitrogens with two attached hydrogens (primary N) is 1. The molecule has 0 bridgehead atoms. The standard InChI is InChI=1S/C17H16BrN5O/c18-13-6-7-16-20-10-15(23(16)11-13)9-14(21-17(24)22-19)8-12-4-2-1-3-5-12/h1-7,9-11H,8,19H2,(H2,21,22,24)/b14-9-. The second-order valence-electron chi connectivity index (χ2n) is 5.19. The van der Waals surface area contributed by atoms with E-state index in [1.807, 2.05) is 59.1 Å². The third-order valence-electron chi connectivity index (χ3n) is 3.46. The Bertz CT molecular complexity index is 888. The summed E-state index contributed by atoms with van der Waals surface area (Å²) in [5, 5.41) is 2.77. The van der Waals surface area contributed by atoms with E-state index in [1.165, 1.54) is 0 Å². The van der Waals surface area contributed by atoms with E-state index in [1.54, 1.807) is 6.20 Å². The number of urea groups is 1. The Kier molecular flexibility index (Phi) is 4.93. The fraction of sp³-hybridized carbons (Fsp3) is 0.0588. The second kappa shape index (κ2) is 7.29. The summed E-state index contributed by atoms with van der Waals surface area (Å²) in [5.74, 6) is 5.18. The number of aromatic nitrogens is 2. The topological polar surface area (TPSA) is 84.4 Å². The van der Waals surface area contributed by atoms with E-state index in [9.17, 15) is 4.79 Å². The number of amides is 2. The zero-order valence-electron chi connectivity index (χ0n) is 12.7. The van der Waals surface area contributed by atoms with Gasteiger partial charge in [-0.2, -0.15) is 0 Å². The van der Waals surface area contributed by atoms with Crippen LogP contribution in [0.5, 0.6) is 0 Å². The quantitative estimate of drug-likeness (QED) is 0.366. The highest BCUT2D eigenvalue weighted by atomic mass is 79.9. The SMILES string of the molecule is NNC(=O)N/C(=C\c1cnc2ccc(Br)cn12)Cc1ccccc1. The van der Waals surface area contributed by atoms with Crippen molar-refractivity contribution in [3.63, 3.8) is 0 Å². The van der Waals surface area contributed by atoms with Crippen LogP contribution < -0.4 is 16.6 Å². The lowest BCUT2D eigenvalue weighted by molar-refractivity contribution is 0.243. The van der Waals surface area contributed by atoms with Crippen molar-refractivity contribution >= 4 is 33.7 Å². The van der Waals surface area contributed by atoms with Gasteiger partial charge in [-0.1, -0.05) is 30.3 Å². The van der Waals surface area contributed by atoms with Crippen molar-refractivity contribution in [3.8, 4) is 0 Å². The number of hydrogen-bond donors (Lipinski definition) is 3. The van der Waals surface area contributed by atoms with Gasteiger partial charge >= 0.3 is 6.03 Å². The molecule has 1 aromatic carbocycles. The van der Waals surface area contributed by atoms with Crippen LogP contribution in [0, 0.1) is 0 Å². The minimum Gasteiger partial charge on any atom is -0.310 e. The minimum atomic E-state index is -0.466. The maximum Gasteiger partial charge on any atom is 0.333 e. The van der Waals surface area contributed by atoms with Gasteiger partial charge in [0.2, 0.25) is 0 Å². The summed E-state index contributed by atoms with van der Waals surface area (Å²) in [6.45, 7) is 0. The van der Waals surface area contributed by atoms with Gasteiger partial charge in [0.25, 0.3) is 0 Å². The zero-order valence-corrected chi connectivity index (χ0v) is 14.3. The van der Waals surface area contributed by atoms with Crippen LogP contribution in [0.2, 0.25) is 0 Å². The third kappa shape index (κ3) is 3.81. The number of imidazole rings is 1. The van der Waals surface area contributed by atoms with Gasteiger partial charge in [-0.15, -0.1) is 0 Å². The van der Waals surface area contributed by atoms with Crippen molar-refractivity contribution in [2.45, 2.75) is 6.42 Å². The van der Waals surface area contributed by atoms with E-state index < -0.39 is 6.03 Å². The summed E-state index contributed by atoms with van der Waals surface area (Å²) in [4.78, 5) is 16.0. The molecule has 4 N–H and O–H groups in total. The van der Waals surface area contributed by atoms with Crippen molar-refractivity contribution < 1.29 is 4.79 Å². The van der Waals surface area contributed by atoms with Crippen molar-refractivity contribution in [1.82, 2.24) is 20.1 Å². The lowest BCUT2D eigenvalue weighted by Gasteiger charge is -2.10. The molecule has 24 heavy (non-hydrogen) atoms. The highest BCUT2D eigenvalue weighted by molar-refractivity contribution is 9.10.